The molecule has 0 unspecified atom stereocenters. The van der Waals surface area contributed by atoms with E-state index in [0.717, 1.165) is 30.5 Å². The quantitative estimate of drug-likeness (QED) is 0.777. The first kappa shape index (κ1) is 19.4. The number of nitrogens with zero attached hydrogens (tertiary/aromatic N) is 5. The van der Waals surface area contributed by atoms with Gasteiger partial charge in [0.1, 0.15) is 5.69 Å². The molecule has 0 spiro atoms. The van der Waals surface area contributed by atoms with Crippen LogP contribution in [0.25, 0.3) is 0 Å². The number of aliphatic imine (C=N–C) groups is 1. The van der Waals surface area contributed by atoms with E-state index in [9.17, 15) is 4.79 Å². The van der Waals surface area contributed by atoms with E-state index in [2.05, 4.69) is 27.4 Å². The van der Waals surface area contributed by atoms with Crippen LogP contribution >= 0.6 is 0 Å². The summed E-state index contributed by atoms with van der Waals surface area (Å²) in [5.74, 6) is 1.47. The zero-order valence-corrected chi connectivity index (χ0v) is 17.5. The molecular formula is C21H28N6O2. The van der Waals surface area contributed by atoms with Crippen LogP contribution in [-0.4, -0.2) is 31.9 Å². The van der Waals surface area contributed by atoms with E-state index in [1.165, 1.54) is 16.0 Å². The Bertz CT molecular complexity index is 1010. The van der Waals surface area contributed by atoms with Crippen LogP contribution in [0, 0.1) is 18.8 Å². The lowest BCUT2D eigenvalue weighted by Crippen LogP contribution is -2.24. The second-order valence-electron chi connectivity index (χ2n) is 8.09. The number of hydrogen-bond donors (Lipinski definition) is 1. The van der Waals surface area contributed by atoms with Gasteiger partial charge in [0.25, 0.3) is 5.56 Å². The lowest BCUT2D eigenvalue weighted by Gasteiger charge is -2.12. The fourth-order valence-electron chi connectivity index (χ4n) is 3.75. The number of aryl methyl sites for hydroxylation is 3. The van der Waals surface area contributed by atoms with Crippen LogP contribution in [0.15, 0.2) is 33.8 Å². The maximum atomic E-state index is 12.4. The molecule has 0 amide bonds. The SMILES string of the molecule is CC1=CN=C([C@H]2C[C@@H]2COc2cc(NCc3c(C)cnn3C)c(=O)n(C)n2)CC1. The Morgan fingerprint density at radius 1 is 1.24 bits per heavy atom. The molecule has 0 aromatic carbocycles. The predicted molar refractivity (Wildman–Crippen MR) is 112 cm³/mol. The van der Waals surface area contributed by atoms with E-state index >= 15 is 0 Å². The van der Waals surface area contributed by atoms with Gasteiger partial charge in [0.05, 0.1) is 25.0 Å². The highest BCUT2D eigenvalue weighted by molar-refractivity contribution is 5.90. The summed E-state index contributed by atoms with van der Waals surface area (Å²) in [6.45, 7) is 5.24. The maximum Gasteiger partial charge on any atom is 0.290 e. The van der Waals surface area contributed by atoms with Gasteiger partial charge in [-0.1, -0.05) is 5.57 Å². The highest BCUT2D eigenvalue weighted by atomic mass is 16.5. The molecular weight excluding hydrogens is 368 g/mol. The molecule has 3 heterocycles. The number of rotatable bonds is 7. The first-order valence-corrected chi connectivity index (χ1v) is 10.1. The fourth-order valence-corrected chi connectivity index (χ4v) is 3.75. The van der Waals surface area contributed by atoms with E-state index < -0.39 is 0 Å². The second-order valence-corrected chi connectivity index (χ2v) is 8.09. The summed E-state index contributed by atoms with van der Waals surface area (Å²) in [7, 11) is 3.53. The van der Waals surface area contributed by atoms with Gasteiger partial charge in [-0.2, -0.15) is 5.10 Å². The first-order chi connectivity index (χ1) is 13.9. The van der Waals surface area contributed by atoms with Gasteiger partial charge in [-0.05, 0) is 38.7 Å². The number of nitrogens with one attached hydrogen (secondary N) is 1. The van der Waals surface area contributed by atoms with Gasteiger partial charge in [0.15, 0.2) is 0 Å². The number of anilines is 1. The zero-order chi connectivity index (χ0) is 20.5. The molecule has 4 rings (SSSR count). The van der Waals surface area contributed by atoms with Crippen molar-refractivity contribution in [1.29, 1.82) is 0 Å². The molecule has 0 radical (unpaired) electrons. The third-order valence-electron chi connectivity index (χ3n) is 5.78. The van der Waals surface area contributed by atoms with Gasteiger partial charge in [-0.25, -0.2) is 4.68 Å². The van der Waals surface area contributed by atoms with E-state index in [4.69, 9.17) is 4.74 Å². The van der Waals surface area contributed by atoms with Crippen LogP contribution in [0.3, 0.4) is 0 Å². The minimum absolute atomic E-state index is 0.180. The van der Waals surface area contributed by atoms with E-state index in [0.29, 0.717) is 36.6 Å². The average molecular weight is 396 g/mol. The Balaban J connectivity index is 1.38. The lowest BCUT2D eigenvalue weighted by molar-refractivity contribution is 0.277. The van der Waals surface area contributed by atoms with Crippen LogP contribution in [0.4, 0.5) is 5.69 Å². The average Bonchev–Trinajstić information content (AvgIpc) is 3.41. The summed E-state index contributed by atoms with van der Waals surface area (Å²) in [5.41, 5.74) is 5.05. The topological polar surface area (TPSA) is 86.3 Å². The minimum atomic E-state index is -0.180. The lowest BCUT2D eigenvalue weighted by atomic mass is 10.0. The number of ether oxygens (including phenoxy) is 1. The van der Waals surface area contributed by atoms with Gasteiger partial charge >= 0.3 is 0 Å². The van der Waals surface area contributed by atoms with E-state index in [-0.39, 0.29) is 5.56 Å². The Hall–Kier alpha value is -2.90. The van der Waals surface area contributed by atoms with Gasteiger partial charge < -0.3 is 10.1 Å². The summed E-state index contributed by atoms with van der Waals surface area (Å²) in [6.07, 6.45) is 7.09. The zero-order valence-electron chi connectivity index (χ0n) is 17.5. The molecule has 2 aromatic rings. The summed E-state index contributed by atoms with van der Waals surface area (Å²) < 4.78 is 9.06. The molecule has 0 saturated heterocycles. The second kappa shape index (κ2) is 7.85. The molecule has 1 saturated carbocycles. The van der Waals surface area contributed by atoms with E-state index in [1.807, 2.05) is 31.1 Å². The largest absolute Gasteiger partial charge is 0.476 e. The molecule has 1 aliphatic carbocycles. The van der Waals surface area contributed by atoms with Crippen molar-refractivity contribution in [2.75, 3.05) is 11.9 Å². The number of allylic oxidation sites excluding steroid dienone is 1. The molecule has 1 aliphatic heterocycles. The monoisotopic (exact) mass is 396 g/mol. The summed E-state index contributed by atoms with van der Waals surface area (Å²) in [5, 5.41) is 11.7. The summed E-state index contributed by atoms with van der Waals surface area (Å²) in [6, 6.07) is 1.69. The van der Waals surface area contributed by atoms with Crippen LogP contribution in [-0.2, 0) is 20.6 Å². The standard InChI is InChI=1S/C21H28N6O2/c1-13-5-6-17(22-9-13)16-7-15(16)12-29-20-8-18(21(28)27(4)25-20)23-11-19-14(2)10-24-26(19)3/h8-10,15-16,23H,5-7,11-12H2,1-4H3/t15-,16+/m1/s1. The minimum Gasteiger partial charge on any atom is -0.476 e. The maximum absolute atomic E-state index is 12.4. The van der Waals surface area contributed by atoms with Crippen LogP contribution in [0.2, 0.25) is 0 Å². The molecule has 1 N–H and O–H groups in total. The molecule has 29 heavy (non-hydrogen) atoms. The molecule has 2 aromatic heterocycles. The van der Waals surface area contributed by atoms with Gasteiger partial charge in [-0.15, -0.1) is 5.10 Å². The van der Waals surface area contributed by atoms with Gasteiger partial charge in [0, 0.05) is 43.9 Å². The smallest absolute Gasteiger partial charge is 0.290 e. The van der Waals surface area contributed by atoms with E-state index in [1.54, 1.807) is 13.1 Å². The van der Waals surface area contributed by atoms with Crippen molar-refractivity contribution in [1.82, 2.24) is 19.6 Å². The van der Waals surface area contributed by atoms with Crippen LogP contribution < -0.4 is 15.6 Å². The first-order valence-electron chi connectivity index (χ1n) is 10.1. The normalized spacial score (nSPS) is 20.8. The Kier molecular flexibility index (Phi) is 5.25. The van der Waals surface area contributed by atoms with Gasteiger partial charge in [0.2, 0.25) is 5.88 Å². The van der Waals surface area contributed by atoms with Crippen molar-refractivity contribution in [3.05, 3.63) is 45.6 Å². The predicted octanol–water partition coefficient (Wildman–Crippen LogP) is 2.59. The molecule has 154 valence electrons. The Morgan fingerprint density at radius 3 is 2.76 bits per heavy atom. The number of aromatic nitrogens is 4. The van der Waals surface area contributed by atoms with Crippen molar-refractivity contribution in [3.63, 3.8) is 0 Å². The Labute approximate surface area is 170 Å². The van der Waals surface area contributed by atoms with Crippen molar-refractivity contribution < 1.29 is 4.74 Å². The molecule has 0 bridgehead atoms. The number of hydrogen-bond acceptors (Lipinski definition) is 6. The van der Waals surface area contributed by atoms with Crippen LogP contribution in [0.5, 0.6) is 5.88 Å². The Morgan fingerprint density at radius 2 is 2.07 bits per heavy atom. The fraction of sp³-hybridized carbons (Fsp3) is 0.524. The third-order valence-corrected chi connectivity index (χ3v) is 5.78. The van der Waals surface area contributed by atoms with Crippen molar-refractivity contribution in [2.24, 2.45) is 30.9 Å². The van der Waals surface area contributed by atoms with Crippen molar-refractivity contribution in [3.8, 4) is 5.88 Å². The van der Waals surface area contributed by atoms with Crippen molar-refractivity contribution >= 4 is 11.4 Å². The molecule has 8 nitrogen and oxygen atoms in total. The molecule has 1 fully saturated rings. The molecule has 2 aliphatic rings. The summed E-state index contributed by atoms with van der Waals surface area (Å²) >= 11 is 0. The molecule has 2 atom stereocenters. The van der Waals surface area contributed by atoms with Crippen molar-refractivity contribution in [2.45, 2.75) is 39.7 Å². The molecule has 8 heteroatoms. The van der Waals surface area contributed by atoms with Gasteiger partial charge in [-0.3, -0.25) is 14.5 Å². The summed E-state index contributed by atoms with van der Waals surface area (Å²) in [4.78, 5) is 17.0. The highest BCUT2D eigenvalue weighted by Gasteiger charge is 2.41. The van der Waals surface area contributed by atoms with Crippen LogP contribution in [0.1, 0.15) is 37.4 Å². The highest BCUT2D eigenvalue weighted by Crippen LogP contribution is 2.42. The third kappa shape index (κ3) is 4.26.